The summed E-state index contributed by atoms with van der Waals surface area (Å²) in [6, 6.07) is 37.4. The third-order valence-corrected chi connectivity index (χ3v) is 9.25. The Labute approximate surface area is 281 Å². The molecule has 48 heavy (non-hydrogen) atoms. The Kier molecular flexibility index (Phi) is 7.01. The van der Waals surface area contributed by atoms with Gasteiger partial charge in [-0.2, -0.15) is 0 Å². The van der Waals surface area contributed by atoms with Crippen LogP contribution in [0.15, 0.2) is 176 Å². The molecule has 9 rings (SSSR count). The summed E-state index contributed by atoms with van der Waals surface area (Å²) in [4.78, 5) is 14.9. The summed E-state index contributed by atoms with van der Waals surface area (Å²) in [7, 11) is 0. The second-order valence-electron chi connectivity index (χ2n) is 12.1. The van der Waals surface area contributed by atoms with Gasteiger partial charge in [-0.25, -0.2) is 15.0 Å². The lowest BCUT2D eigenvalue weighted by Gasteiger charge is -2.53. The molecule has 0 aliphatic carbocycles. The van der Waals surface area contributed by atoms with Gasteiger partial charge in [0.15, 0.2) is 17.5 Å². The van der Waals surface area contributed by atoms with Gasteiger partial charge in [-0.1, -0.05) is 139 Å². The Balaban J connectivity index is 1.17. The van der Waals surface area contributed by atoms with E-state index < -0.39 is 0 Å². The van der Waals surface area contributed by atoms with Crippen LogP contribution < -0.4 is 0 Å². The molecule has 1 saturated heterocycles. The molecule has 1 aromatic heterocycles. The van der Waals surface area contributed by atoms with Crippen molar-refractivity contribution in [2.45, 2.75) is 0 Å². The highest BCUT2D eigenvalue weighted by Gasteiger charge is 2.49. The van der Waals surface area contributed by atoms with E-state index in [0.29, 0.717) is 17.5 Å². The molecule has 0 radical (unpaired) electrons. The number of benzene rings is 4. The van der Waals surface area contributed by atoms with Gasteiger partial charge in [-0.3, -0.25) is 0 Å². The van der Waals surface area contributed by atoms with Gasteiger partial charge in [0.25, 0.3) is 0 Å². The molecule has 4 aliphatic rings. The molecule has 0 saturated carbocycles. The standard InChI is InChI=1S/C39H29B3N6/c1-4-14-30(15-5-1)36-28-33(39-44-37(31-16-6-2-7-17-31)43-38(45-39)32-18-8-3-9-19-32)20-21-35(36)34-22-25-42-47-27-12-10-23-40(47)46-26-13-11-24-41(46)48(42)29-34/h1-29H. The lowest BCUT2D eigenvalue weighted by molar-refractivity contribution is 0.623. The zero-order valence-corrected chi connectivity index (χ0v) is 26.2. The van der Waals surface area contributed by atoms with Crippen LogP contribution >= 0.6 is 0 Å². The molecule has 1 fully saturated rings. The van der Waals surface area contributed by atoms with Gasteiger partial charge in [0.1, 0.15) is 0 Å². The first-order chi connectivity index (χ1) is 23.8. The first kappa shape index (κ1) is 28.2. The van der Waals surface area contributed by atoms with Gasteiger partial charge >= 0.3 is 20.9 Å². The summed E-state index contributed by atoms with van der Waals surface area (Å²) in [6.07, 6.45) is 17.5. The van der Waals surface area contributed by atoms with Crippen molar-refractivity contribution in [2.24, 2.45) is 0 Å². The molecule has 0 spiro atoms. The summed E-state index contributed by atoms with van der Waals surface area (Å²) >= 11 is 0. The lowest BCUT2D eigenvalue weighted by atomic mass is 9.41. The second-order valence-corrected chi connectivity index (χ2v) is 12.1. The van der Waals surface area contributed by atoms with Crippen molar-refractivity contribution in [3.63, 3.8) is 0 Å². The maximum Gasteiger partial charge on any atom is 0.380 e. The largest absolute Gasteiger partial charge is 0.423 e. The predicted octanol–water partition coefficient (Wildman–Crippen LogP) is 7.62. The molecule has 0 amide bonds. The Morgan fingerprint density at radius 1 is 0.417 bits per heavy atom. The smallest absolute Gasteiger partial charge is 0.380 e. The fraction of sp³-hybridized carbons (Fsp3) is 0. The zero-order valence-electron chi connectivity index (χ0n) is 26.2. The number of nitrogens with zero attached hydrogens (tertiary/aromatic N) is 6. The minimum absolute atomic E-state index is 0.106. The van der Waals surface area contributed by atoms with E-state index >= 15 is 0 Å². The van der Waals surface area contributed by atoms with Crippen molar-refractivity contribution >= 4 is 26.5 Å². The van der Waals surface area contributed by atoms with Crippen LogP contribution in [0.3, 0.4) is 0 Å². The predicted molar refractivity (Wildman–Crippen MR) is 198 cm³/mol. The van der Waals surface area contributed by atoms with Crippen molar-refractivity contribution in [1.82, 2.24) is 29.1 Å². The van der Waals surface area contributed by atoms with Gasteiger partial charge in [-0.15, -0.1) is 0 Å². The summed E-state index contributed by atoms with van der Waals surface area (Å²) in [5, 5.41) is 0. The molecule has 5 aromatic rings. The lowest BCUT2D eigenvalue weighted by Crippen LogP contribution is -2.73. The van der Waals surface area contributed by atoms with Crippen LogP contribution in [0.4, 0.5) is 0 Å². The molecule has 0 bridgehead atoms. The molecule has 5 heterocycles. The molecule has 4 aliphatic heterocycles. The molecule has 0 atom stereocenters. The van der Waals surface area contributed by atoms with Crippen molar-refractivity contribution < 1.29 is 0 Å². The second kappa shape index (κ2) is 11.9. The van der Waals surface area contributed by atoms with Crippen molar-refractivity contribution in [1.29, 1.82) is 0 Å². The van der Waals surface area contributed by atoms with Crippen molar-refractivity contribution in [2.75, 3.05) is 0 Å². The Bertz CT molecular complexity index is 2100. The molecule has 4 aromatic carbocycles. The molecular weight excluding hydrogens is 585 g/mol. The molecule has 0 N–H and O–H groups in total. The molecule has 0 unspecified atom stereocenters. The number of hydrogen-bond donors (Lipinski definition) is 0. The van der Waals surface area contributed by atoms with Crippen LogP contribution in [0.5, 0.6) is 0 Å². The van der Waals surface area contributed by atoms with Crippen LogP contribution in [0.1, 0.15) is 5.56 Å². The number of hydrogen-bond acceptors (Lipinski definition) is 6. The zero-order chi connectivity index (χ0) is 31.9. The average Bonchev–Trinajstić information content (AvgIpc) is 3.18. The highest BCUT2D eigenvalue weighted by atomic mass is 15.3. The van der Waals surface area contributed by atoms with Gasteiger partial charge < -0.3 is 14.2 Å². The Morgan fingerprint density at radius 3 is 1.50 bits per heavy atom. The van der Waals surface area contributed by atoms with Crippen LogP contribution in [-0.2, 0) is 0 Å². The van der Waals surface area contributed by atoms with E-state index in [-0.39, 0.29) is 20.9 Å². The minimum Gasteiger partial charge on any atom is -0.423 e. The fourth-order valence-corrected chi connectivity index (χ4v) is 6.94. The SMILES string of the molecule is C1=CB2N3C=CC=CB3N3C=C(c4ccc(-c5nc(-c6ccccc6)nc(-c6ccccc6)n5)cc4-c4ccccc4)C=CB3N2C=C1. The fourth-order valence-electron chi connectivity index (χ4n) is 6.94. The van der Waals surface area contributed by atoms with E-state index in [4.69, 9.17) is 15.0 Å². The van der Waals surface area contributed by atoms with E-state index in [1.807, 2.05) is 60.7 Å². The number of allylic oxidation sites excluding steroid dienone is 6. The average molecular weight is 614 g/mol. The van der Waals surface area contributed by atoms with Crippen LogP contribution in [-0.4, -0.2) is 50.1 Å². The van der Waals surface area contributed by atoms with E-state index in [0.717, 1.165) is 39.0 Å². The third kappa shape index (κ3) is 5.01. The number of fused-ring (bicyclic) bond motifs is 6. The van der Waals surface area contributed by atoms with Gasteiger partial charge in [0, 0.05) is 16.7 Å². The maximum atomic E-state index is 5.02. The normalized spacial score (nSPS) is 15.8. The topological polar surface area (TPSA) is 48.4 Å². The first-order valence-corrected chi connectivity index (χ1v) is 16.3. The van der Waals surface area contributed by atoms with E-state index in [9.17, 15) is 0 Å². The van der Waals surface area contributed by atoms with Crippen molar-refractivity contribution in [3.8, 4) is 45.3 Å². The molecule has 9 heteroatoms. The third-order valence-electron chi connectivity index (χ3n) is 9.25. The first-order valence-electron chi connectivity index (χ1n) is 16.3. The van der Waals surface area contributed by atoms with E-state index in [1.165, 1.54) is 0 Å². The monoisotopic (exact) mass is 614 g/mol. The van der Waals surface area contributed by atoms with E-state index in [2.05, 4.69) is 130 Å². The van der Waals surface area contributed by atoms with Gasteiger partial charge in [0.2, 0.25) is 0 Å². The van der Waals surface area contributed by atoms with Gasteiger partial charge in [-0.05, 0) is 59.1 Å². The van der Waals surface area contributed by atoms with Crippen molar-refractivity contribution in [3.05, 3.63) is 182 Å². The van der Waals surface area contributed by atoms with E-state index in [1.54, 1.807) is 0 Å². The number of rotatable bonds is 5. The summed E-state index contributed by atoms with van der Waals surface area (Å²) in [5.74, 6) is 8.81. The van der Waals surface area contributed by atoms with Crippen LogP contribution in [0.25, 0.3) is 50.9 Å². The highest BCUT2D eigenvalue weighted by molar-refractivity contribution is 6.92. The minimum atomic E-state index is 0.106. The highest BCUT2D eigenvalue weighted by Crippen LogP contribution is 2.37. The summed E-state index contributed by atoms with van der Waals surface area (Å²) in [5.41, 5.74) is 7.40. The van der Waals surface area contributed by atoms with Crippen LogP contribution in [0, 0.1) is 0 Å². The quantitative estimate of drug-likeness (QED) is 0.190. The van der Waals surface area contributed by atoms with Gasteiger partial charge in [0.05, 0.1) is 0 Å². The molecular formula is C39H29B3N6. The molecule has 224 valence electrons. The molecule has 6 nitrogen and oxygen atoms in total. The maximum absolute atomic E-state index is 5.02. The summed E-state index contributed by atoms with van der Waals surface area (Å²) < 4.78 is 7.25. The number of aromatic nitrogens is 3. The summed E-state index contributed by atoms with van der Waals surface area (Å²) in [6.45, 7) is 0.382. The Hall–Kier alpha value is -6.08. The Morgan fingerprint density at radius 2 is 0.917 bits per heavy atom. The van der Waals surface area contributed by atoms with Crippen LogP contribution in [0.2, 0.25) is 0 Å².